The highest BCUT2D eigenvalue weighted by Crippen LogP contribution is 2.38. The number of nitrogens with zero attached hydrogens (tertiary/aromatic N) is 4. The third-order valence-electron chi connectivity index (χ3n) is 7.36. The molecule has 0 spiro atoms. The van der Waals surface area contributed by atoms with Gasteiger partial charge in [0.25, 0.3) is 0 Å². The van der Waals surface area contributed by atoms with Crippen LogP contribution in [0.4, 0.5) is 0 Å². The van der Waals surface area contributed by atoms with Gasteiger partial charge in [0.15, 0.2) is 5.82 Å². The Kier molecular flexibility index (Phi) is 9.39. The van der Waals surface area contributed by atoms with Gasteiger partial charge < -0.3 is 14.2 Å². The van der Waals surface area contributed by atoms with Crippen LogP contribution in [0.15, 0.2) is 88.7 Å². The number of ether oxygens (including phenoxy) is 3. The number of tetrazole rings is 1. The van der Waals surface area contributed by atoms with Crippen LogP contribution >= 0.6 is 0 Å². The van der Waals surface area contributed by atoms with Crippen LogP contribution < -0.4 is 24.5 Å². The Balaban J connectivity index is 1.77. The molecular formula is C31H32N6O7S2. The Hall–Kier alpha value is -4.83. The van der Waals surface area contributed by atoms with Crippen molar-refractivity contribution >= 4 is 20.0 Å². The molecule has 0 aliphatic carbocycles. The minimum atomic E-state index is -4.72. The standard InChI is InChI=1S/C31H32N6O7S2/c1-42-24-10-4-20(5-11-24)16-23-18-28(31-34-35-36-37(31)19-22-8-14-26(44-3)15-9-22)30(46(33,40)41)29(45(32,38)39)27(23)17-21-6-12-25(43-2)13-7-21/h4-15,18H,16-17,19H2,1-3H3,(H2,32,38,39)(H2,33,40,41). The van der Waals surface area contributed by atoms with E-state index in [0.717, 1.165) is 11.1 Å². The van der Waals surface area contributed by atoms with E-state index in [1.807, 2.05) is 12.1 Å². The van der Waals surface area contributed by atoms with E-state index in [9.17, 15) is 16.8 Å². The summed E-state index contributed by atoms with van der Waals surface area (Å²) in [5.41, 5.74) is 2.79. The largest absolute Gasteiger partial charge is 0.497 e. The van der Waals surface area contributed by atoms with Gasteiger partial charge in [-0.15, -0.1) is 5.10 Å². The summed E-state index contributed by atoms with van der Waals surface area (Å²) < 4.78 is 70.6. The van der Waals surface area contributed by atoms with E-state index in [2.05, 4.69) is 15.5 Å². The van der Waals surface area contributed by atoms with Crippen molar-refractivity contribution in [3.05, 3.63) is 107 Å². The lowest BCUT2D eigenvalue weighted by Gasteiger charge is -2.21. The maximum Gasteiger partial charge on any atom is 0.240 e. The summed E-state index contributed by atoms with van der Waals surface area (Å²) in [7, 11) is -4.78. The molecule has 0 fully saturated rings. The van der Waals surface area contributed by atoms with Crippen LogP contribution in [0.2, 0.25) is 0 Å². The molecule has 240 valence electrons. The second-order valence-electron chi connectivity index (χ2n) is 10.4. The number of hydrogen-bond donors (Lipinski definition) is 2. The van der Waals surface area contributed by atoms with Crippen LogP contribution in [0.5, 0.6) is 17.2 Å². The zero-order valence-corrected chi connectivity index (χ0v) is 26.9. The number of methoxy groups -OCH3 is 3. The van der Waals surface area contributed by atoms with Gasteiger partial charge in [0.2, 0.25) is 20.0 Å². The molecule has 0 aliphatic heterocycles. The van der Waals surface area contributed by atoms with E-state index in [0.29, 0.717) is 28.4 Å². The number of nitrogens with two attached hydrogens (primary N) is 2. The van der Waals surface area contributed by atoms with Crippen molar-refractivity contribution in [3.63, 3.8) is 0 Å². The van der Waals surface area contributed by atoms with E-state index in [4.69, 9.17) is 24.5 Å². The quantitative estimate of drug-likeness (QED) is 0.200. The summed E-state index contributed by atoms with van der Waals surface area (Å²) in [5.74, 6) is 1.86. The highest BCUT2D eigenvalue weighted by molar-refractivity contribution is 7.92. The lowest BCUT2D eigenvalue weighted by molar-refractivity contribution is 0.414. The molecule has 0 saturated heterocycles. The minimum Gasteiger partial charge on any atom is -0.497 e. The third-order valence-corrected chi connectivity index (χ3v) is 9.50. The Labute approximate surface area is 266 Å². The molecule has 1 heterocycles. The van der Waals surface area contributed by atoms with E-state index < -0.39 is 29.8 Å². The van der Waals surface area contributed by atoms with E-state index in [1.165, 1.54) is 11.8 Å². The lowest BCUT2D eigenvalue weighted by atomic mass is 9.93. The van der Waals surface area contributed by atoms with Crippen molar-refractivity contribution in [2.75, 3.05) is 21.3 Å². The summed E-state index contributed by atoms with van der Waals surface area (Å²) in [6, 6.07) is 22.8. The van der Waals surface area contributed by atoms with Crippen LogP contribution in [0, 0.1) is 0 Å². The third kappa shape index (κ3) is 7.18. The summed E-state index contributed by atoms with van der Waals surface area (Å²) in [5, 5.41) is 23.5. The first kappa shape index (κ1) is 32.6. The van der Waals surface area contributed by atoms with Crippen LogP contribution in [0.1, 0.15) is 27.8 Å². The first-order valence-corrected chi connectivity index (χ1v) is 16.9. The molecule has 1 aromatic heterocycles. The molecule has 0 atom stereocenters. The Bertz CT molecular complexity index is 2060. The Morgan fingerprint density at radius 3 is 1.57 bits per heavy atom. The van der Waals surface area contributed by atoms with Gasteiger partial charge in [-0.3, -0.25) is 0 Å². The maximum absolute atomic E-state index is 13.4. The first-order chi connectivity index (χ1) is 21.9. The molecule has 13 nitrogen and oxygen atoms in total. The number of aromatic nitrogens is 4. The van der Waals surface area contributed by atoms with Gasteiger partial charge in [-0.05, 0) is 93.6 Å². The van der Waals surface area contributed by atoms with Gasteiger partial charge >= 0.3 is 0 Å². The normalized spacial score (nSPS) is 11.8. The molecule has 0 unspecified atom stereocenters. The summed E-state index contributed by atoms with van der Waals surface area (Å²) in [4.78, 5) is -1.31. The predicted octanol–water partition coefficient (Wildman–Crippen LogP) is 2.89. The van der Waals surface area contributed by atoms with Crippen LogP contribution in [-0.2, 0) is 39.4 Å². The molecule has 0 saturated carbocycles. The van der Waals surface area contributed by atoms with Crippen LogP contribution in [0.3, 0.4) is 0 Å². The number of benzene rings is 4. The van der Waals surface area contributed by atoms with Gasteiger partial charge in [-0.25, -0.2) is 31.8 Å². The predicted molar refractivity (Wildman–Crippen MR) is 170 cm³/mol. The Morgan fingerprint density at radius 1 is 0.652 bits per heavy atom. The average molecular weight is 665 g/mol. The fourth-order valence-electron chi connectivity index (χ4n) is 5.15. The number of sulfonamides is 2. The monoisotopic (exact) mass is 664 g/mol. The van der Waals surface area contributed by atoms with Gasteiger partial charge in [0, 0.05) is 5.56 Å². The van der Waals surface area contributed by atoms with Crippen molar-refractivity contribution in [2.45, 2.75) is 29.2 Å². The van der Waals surface area contributed by atoms with Crippen molar-refractivity contribution < 1.29 is 31.0 Å². The van der Waals surface area contributed by atoms with E-state index in [-0.39, 0.29) is 36.3 Å². The van der Waals surface area contributed by atoms with Gasteiger partial charge in [-0.1, -0.05) is 36.4 Å². The second kappa shape index (κ2) is 13.3. The number of hydrogen-bond acceptors (Lipinski definition) is 10. The summed E-state index contributed by atoms with van der Waals surface area (Å²) in [6.45, 7) is 0.127. The van der Waals surface area contributed by atoms with Gasteiger partial charge in [0.05, 0.1) is 27.9 Å². The zero-order valence-electron chi connectivity index (χ0n) is 25.2. The van der Waals surface area contributed by atoms with Crippen LogP contribution in [0.25, 0.3) is 11.4 Å². The molecule has 0 bridgehead atoms. The molecule has 5 aromatic rings. The first-order valence-electron chi connectivity index (χ1n) is 13.8. The highest BCUT2D eigenvalue weighted by Gasteiger charge is 2.33. The molecule has 0 radical (unpaired) electrons. The molecular weight excluding hydrogens is 633 g/mol. The maximum atomic E-state index is 13.4. The van der Waals surface area contributed by atoms with Crippen molar-refractivity contribution in [3.8, 4) is 28.6 Å². The molecule has 0 amide bonds. The second-order valence-corrected chi connectivity index (χ2v) is 13.4. The smallest absolute Gasteiger partial charge is 0.240 e. The van der Waals surface area contributed by atoms with Crippen LogP contribution in [-0.4, -0.2) is 58.4 Å². The van der Waals surface area contributed by atoms with Gasteiger partial charge in [-0.2, -0.15) is 0 Å². The highest BCUT2D eigenvalue weighted by atomic mass is 32.2. The number of rotatable bonds is 12. The lowest BCUT2D eigenvalue weighted by Crippen LogP contribution is -2.25. The van der Waals surface area contributed by atoms with Crippen molar-refractivity contribution in [1.29, 1.82) is 0 Å². The molecule has 46 heavy (non-hydrogen) atoms. The molecule has 15 heteroatoms. The fraction of sp³-hybridized carbons (Fsp3) is 0.194. The van der Waals surface area contributed by atoms with Gasteiger partial charge in [0.1, 0.15) is 27.0 Å². The number of primary sulfonamides is 2. The summed E-state index contributed by atoms with van der Waals surface area (Å²) >= 11 is 0. The van der Waals surface area contributed by atoms with E-state index in [1.54, 1.807) is 80.9 Å². The van der Waals surface area contributed by atoms with Crippen molar-refractivity contribution in [1.82, 2.24) is 20.2 Å². The van der Waals surface area contributed by atoms with E-state index >= 15 is 0 Å². The topological polar surface area (TPSA) is 192 Å². The van der Waals surface area contributed by atoms with Crippen molar-refractivity contribution in [2.24, 2.45) is 10.3 Å². The molecule has 4 N–H and O–H groups in total. The minimum absolute atomic E-state index is 0.0147. The molecule has 5 rings (SSSR count). The summed E-state index contributed by atoms with van der Waals surface area (Å²) in [6.07, 6.45) is 0.219. The zero-order chi connectivity index (χ0) is 33.1. The fourth-order valence-corrected chi connectivity index (χ4v) is 7.60. The molecule has 4 aromatic carbocycles. The average Bonchev–Trinajstić information content (AvgIpc) is 3.49. The Morgan fingerprint density at radius 2 is 1.11 bits per heavy atom. The SMILES string of the molecule is COc1ccc(Cc2cc(-c3nnnn3Cc3ccc(OC)cc3)c(S(N)(=O)=O)c(S(N)(=O)=O)c2Cc2ccc(OC)cc2)cc1. The molecule has 0 aliphatic rings.